The molecule has 0 saturated carbocycles. The average molecular weight is 400 g/mol. The molecule has 0 atom stereocenters. The molecule has 0 amide bonds. The quantitative estimate of drug-likeness (QED) is 0.623. The average Bonchev–Trinajstić information content (AvgIpc) is 2.68. The van der Waals surface area contributed by atoms with Crippen LogP contribution in [0.25, 0.3) is 5.57 Å². The Morgan fingerprint density at radius 2 is 1.83 bits per heavy atom. The van der Waals surface area contributed by atoms with Crippen molar-refractivity contribution in [3.8, 4) is 5.75 Å². The highest BCUT2D eigenvalue weighted by Crippen LogP contribution is 2.41. The van der Waals surface area contributed by atoms with Crippen molar-refractivity contribution >= 4 is 11.5 Å². The van der Waals surface area contributed by atoms with Gasteiger partial charge in [0.1, 0.15) is 12.4 Å². The van der Waals surface area contributed by atoms with E-state index in [1.807, 2.05) is 56.3 Å². The standard InChI is InChI=1S/C24H26F2O3/c1-16-17(2)22(10-8-18(16)9-11-23(27)28)29-15-20-14-24(25,26)13-12-21(20)19-6-4-3-5-7-19/h3-8,10H,9,11-15H2,1-2H3,(H,27,28). The summed E-state index contributed by atoms with van der Waals surface area (Å²) in [5.74, 6) is -2.89. The first-order valence-electron chi connectivity index (χ1n) is 9.84. The fraction of sp³-hybridized carbons (Fsp3) is 0.375. The molecule has 29 heavy (non-hydrogen) atoms. The van der Waals surface area contributed by atoms with Crippen molar-refractivity contribution in [3.05, 3.63) is 70.3 Å². The van der Waals surface area contributed by atoms with Gasteiger partial charge >= 0.3 is 5.97 Å². The van der Waals surface area contributed by atoms with Crippen molar-refractivity contribution < 1.29 is 23.4 Å². The Morgan fingerprint density at radius 1 is 1.10 bits per heavy atom. The summed E-state index contributed by atoms with van der Waals surface area (Å²) < 4.78 is 34.1. The van der Waals surface area contributed by atoms with E-state index in [0.29, 0.717) is 24.2 Å². The third-order valence-electron chi connectivity index (χ3n) is 5.62. The molecule has 0 fully saturated rings. The van der Waals surface area contributed by atoms with Gasteiger partial charge in [0.25, 0.3) is 5.92 Å². The zero-order chi connectivity index (χ0) is 21.0. The van der Waals surface area contributed by atoms with Gasteiger partial charge in [0, 0.05) is 19.3 Å². The first kappa shape index (κ1) is 21.0. The summed E-state index contributed by atoms with van der Waals surface area (Å²) in [6.07, 6.45) is 0.436. The number of hydrogen-bond acceptors (Lipinski definition) is 2. The molecule has 0 aliphatic heterocycles. The van der Waals surface area contributed by atoms with Crippen LogP contribution in [0.2, 0.25) is 0 Å². The fourth-order valence-corrected chi connectivity index (χ4v) is 3.80. The number of aliphatic carboxylic acids is 1. The number of carbonyl (C=O) groups is 1. The minimum Gasteiger partial charge on any atom is -0.489 e. The number of ether oxygens (including phenoxy) is 1. The Hall–Kier alpha value is -2.69. The summed E-state index contributed by atoms with van der Waals surface area (Å²) >= 11 is 0. The molecule has 0 spiro atoms. The summed E-state index contributed by atoms with van der Waals surface area (Å²) in [4.78, 5) is 10.8. The predicted molar refractivity (Wildman–Crippen MR) is 110 cm³/mol. The number of rotatable bonds is 7. The highest BCUT2D eigenvalue weighted by molar-refractivity contribution is 5.70. The second-order valence-corrected chi connectivity index (χ2v) is 7.64. The molecule has 1 aliphatic carbocycles. The Labute approximate surface area is 170 Å². The van der Waals surface area contributed by atoms with E-state index in [1.54, 1.807) is 0 Å². The molecule has 0 radical (unpaired) electrons. The molecule has 1 aliphatic rings. The molecule has 3 rings (SSSR count). The SMILES string of the molecule is Cc1c(CCC(=O)O)ccc(OCC2=C(c3ccccc3)CCC(F)(F)C2)c1C. The van der Waals surface area contributed by atoms with Crippen LogP contribution >= 0.6 is 0 Å². The molecule has 2 aromatic rings. The van der Waals surface area contributed by atoms with E-state index in [-0.39, 0.29) is 25.9 Å². The largest absolute Gasteiger partial charge is 0.489 e. The number of allylic oxidation sites excluding steroid dienone is 1. The zero-order valence-electron chi connectivity index (χ0n) is 16.8. The van der Waals surface area contributed by atoms with E-state index in [9.17, 15) is 13.6 Å². The smallest absolute Gasteiger partial charge is 0.303 e. The van der Waals surface area contributed by atoms with E-state index in [0.717, 1.165) is 27.8 Å². The minimum atomic E-state index is -2.71. The van der Waals surface area contributed by atoms with Gasteiger partial charge < -0.3 is 9.84 Å². The molecular formula is C24H26F2O3. The van der Waals surface area contributed by atoms with Gasteiger partial charge in [-0.1, -0.05) is 36.4 Å². The number of hydrogen-bond donors (Lipinski definition) is 1. The lowest BCUT2D eigenvalue weighted by Crippen LogP contribution is -2.24. The minimum absolute atomic E-state index is 0.0723. The maximum absolute atomic E-state index is 14.1. The van der Waals surface area contributed by atoms with Crippen molar-refractivity contribution in [1.29, 1.82) is 0 Å². The summed E-state index contributed by atoms with van der Waals surface area (Å²) in [5, 5.41) is 8.89. The number of benzene rings is 2. The number of carboxylic acids is 1. The van der Waals surface area contributed by atoms with E-state index in [1.165, 1.54) is 0 Å². The Kier molecular flexibility index (Phi) is 6.36. The summed E-state index contributed by atoms with van der Waals surface area (Å²) in [5.41, 5.74) is 5.42. The lowest BCUT2D eigenvalue weighted by molar-refractivity contribution is -0.136. The van der Waals surface area contributed by atoms with Gasteiger partial charge in [0.15, 0.2) is 0 Å². The first-order chi connectivity index (χ1) is 13.8. The van der Waals surface area contributed by atoms with Crippen LogP contribution in [0.15, 0.2) is 48.0 Å². The molecule has 0 heterocycles. The van der Waals surface area contributed by atoms with Crippen LogP contribution in [-0.4, -0.2) is 23.6 Å². The second kappa shape index (κ2) is 8.76. The van der Waals surface area contributed by atoms with Crippen LogP contribution in [0.4, 0.5) is 8.78 Å². The highest BCUT2D eigenvalue weighted by Gasteiger charge is 2.35. The van der Waals surface area contributed by atoms with Crippen LogP contribution < -0.4 is 4.74 Å². The Bertz CT molecular complexity index is 917. The molecule has 0 aromatic heterocycles. The molecule has 3 nitrogen and oxygen atoms in total. The van der Waals surface area contributed by atoms with Gasteiger partial charge in [-0.2, -0.15) is 0 Å². The van der Waals surface area contributed by atoms with Gasteiger partial charge in [-0.15, -0.1) is 0 Å². The molecular weight excluding hydrogens is 374 g/mol. The van der Waals surface area contributed by atoms with Crippen LogP contribution in [-0.2, 0) is 11.2 Å². The molecule has 0 saturated heterocycles. The maximum atomic E-state index is 14.1. The Balaban J connectivity index is 1.82. The molecule has 5 heteroatoms. The van der Waals surface area contributed by atoms with Crippen molar-refractivity contribution in [2.75, 3.05) is 6.61 Å². The molecule has 1 N–H and O–H groups in total. The number of halogens is 2. The Morgan fingerprint density at radius 3 is 2.52 bits per heavy atom. The summed E-state index contributed by atoms with van der Waals surface area (Å²) in [6, 6.07) is 13.3. The van der Waals surface area contributed by atoms with E-state index >= 15 is 0 Å². The van der Waals surface area contributed by atoms with Crippen molar-refractivity contribution in [3.63, 3.8) is 0 Å². The third kappa shape index (κ3) is 5.22. The highest BCUT2D eigenvalue weighted by atomic mass is 19.3. The van der Waals surface area contributed by atoms with Gasteiger partial charge in [-0.25, -0.2) is 8.78 Å². The van der Waals surface area contributed by atoms with Crippen LogP contribution in [0.5, 0.6) is 5.75 Å². The van der Waals surface area contributed by atoms with E-state index < -0.39 is 11.9 Å². The van der Waals surface area contributed by atoms with Gasteiger partial charge in [0.05, 0.1) is 0 Å². The first-order valence-corrected chi connectivity index (χ1v) is 9.84. The molecule has 0 unspecified atom stereocenters. The van der Waals surface area contributed by atoms with Crippen LogP contribution in [0.1, 0.15) is 47.9 Å². The van der Waals surface area contributed by atoms with E-state index in [4.69, 9.17) is 9.84 Å². The summed E-state index contributed by atoms with van der Waals surface area (Å²) in [7, 11) is 0. The number of aryl methyl sites for hydroxylation is 1. The fourth-order valence-electron chi connectivity index (χ4n) is 3.80. The topological polar surface area (TPSA) is 46.5 Å². The van der Waals surface area contributed by atoms with Crippen LogP contribution in [0, 0.1) is 13.8 Å². The van der Waals surface area contributed by atoms with Gasteiger partial charge in [-0.3, -0.25) is 4.79 Å². The predicted octanol–water partition coefficient (Wildman–Crippen LogP) is 5.97. The molecule has 0 bridgehead atoms. The molecule has 154 valence electrons. The lowest BCUT2D eigenvalue weighted by atomic mass is 9.85. The van der Waals surface area contributed by atoms with E-state index in [2.05, 4.69) is 0 Å². The zero-order valence-corrected chi connectivity index (χ0v) is 16.8. The number of alkyl halides is 2. The molecule has 2 aromatic carbocycles. The van der Waals surface area contributed by atoms with Gasteiger partial charge in [-0.05, 0) is 66.2 Å². The third-order valence-corrected chi connectivity index (χ3v) is 5.62. The monoisotopic (exact) mass is 400 g/mol. The maximum Gasteiger partial charge on any atom is 0.303 e. The second-order valence-electron chi connectivity index (χ2n) is 7.64. The van der Waals surface area contributed by atoms with Crippen molar-refractivity contribution in [2.24, 2.45) is 0 Å². The summed E-state index contributed by atoms with van der Waals surface area (Å²) in [6.45, 7) is 3.97. The lowest BCUT2D eigenvalue weighted by Gasteiger charge is -2.28. The normalized spacial score (nSPS) is 16.0. The van der Waals surface area contributed by atoms with Crippen molar-refractivity contribution in [2.45, 2.75) is 51.9 Å². The van der Waals surface area contributed by atoms with Gasteiger partial charge in [0.2, 0.25) is 0 Å². The van der Waals surface area contributed by atoms with Crippen molar-refractivity contribution in [1.82, 2.24) is 0 Å². The van der Waals surface area contributed by atoms with Crippen LogP contribution in [0.3, 0.4) is 0 Å². The number of carboxylic acid groups (broad SMARTS) is 1.